The molecular weight excluding hydrogens is 432 g/mol. The van der Waals surface area contributed by atoms with Crippen molar-refractivity contribution in [3.8, 4) is 0 Å². The molecule has 0 radical (unpaired) electrons. The Morgan fingerprint density at radius 1 is 1.07 bits per heavy atom. The van der Waals surface area contributed by atoms with Crippen LogP contribution in [0.3, 0.4) is 0 Å². The predicted molar refractivity (Wildman–Crippen MR) is 112 cm³/mol. The van der Waals surface area contributed by atoms with Crippen LogP contribution >= 0.6 is 11.6 Å². The lowest BCUT2D eigenvalue weighted by molar-refractivity contribution is -0.378. The van der Waals surface area contributed by atoms with Gasteiger partial charge in [-0.2, -0.15) is 8.42 Å². The summed E-state index contributed by atoms with van der Waals surface area (Å²) in [5.41, 5.74) is 1.44. The Morgan fingerprint density at radius 2 is 1.90 bits per heavy atom. The molecule has 2 aromatic carbocycles. The number of sulfonamides is 1. The first-order valence-electron chi connectivity index (χ1n) is 8.57. The number of benzene rings is 2. The van der Waals surface area contributed by atoms with Gasteiger partial charge in [0.15, 0.2) is 12.4 Å². The number of anilines is 1. The van der Waals surface area contributed by atoms with E-state index in [1.54, 1.807) is 54.9 Å². The average molecular weight is 448 g/mol. The monoisotopic (exact) mass is 447 g/mol. The molecule has 0 saturated heterocycles. The molecule has 0 aliphatic rings. The second-order valence-electron chi connectivity index (χ2n) is 6.25. The number of hydrogen-bond acceptors (Lipinski definition) is 4. The summed E-state index contributed by atoms with van der Waals surface area (Å²) in [7, 11) is -5.53. The number of fused-ring (bicyclic) bond motifs is 1. The lowest BCUT2D eigenvalue weighted by Crippen LogP contribution is -2.14. The number of nitrogens with one attached hydrogen (secondary N) is 2. The molecule has 4 aromatic rings. The van der Waals surface area contributed by atoms with Gasteiger partial charge in [0, 0.05) is 28.1 Å². The standard InChI is InChI=1S/C20H15ClN2O4S2/c21-16-7-8-19(28(24)13-14-4-3-9-22-12-14)17(11-16)23-29(25,26)20-10-15-5-1-2-6-18(15)27-20/h1-12,23H,13H2/p+1. The summed E-state index contributed by atoms with van der Waals surface area (Å²) >= 11 is 6.06. The van der Waals surface area contributed by atoms with Crippen LogP contribution in [-0.4, -0.2) is 12.6 Å². The molecule has 9 heteroatoms. The van der Waals surface area contributed by atoms with Gasteiger partial charge in [0.2, 0.25) is 5.09 Å². The SMILES string of the molecule is O=S(Cc1ccc[nH+]c1)c1ccc(Cl)cc1NS(=O)(=O)c1cc2ccccc2o1. The Morgan fingerprint density at radius 3 is 2.66 bits per heavy atom. The molecule has 2 aromatic heterocycles. The highest BCUT2D eigenvalue weighted by Crippen LogP contribution is 2.29. The molecule has 1 unspecified atom stereocenters. The van der Waals surface area contributed by atoms with Crippen LogP contribution in [0.2, 0.25) is 5.02 Å². The van der Waals surface area contributed by atoms with E-state index in [1.807, 2.05) is 6.07 Å². The Kier molecular flexibility index (Phi) is 5.40. The molecule has 0 saturated carbocycles. The van der Waals surface area contributed by atoms with E-state index in [2.05, 4.69) is 9.71 Å². The largest absolute Gasteiger partial charge is 0.443 e. The van der Waals surface area contributed by atoms with Crippen LogP contribution in [0.1, 0.15) is 5.56 Å². The third-order valence-electron chi connectivity index (χ3n) is 4.17. The van der Waals surface area contributed by atoms with Crippen LogP contribution in [-0.2, 0) is 26.6 Å². The molecule has 0 aliphatic carbocycles. The van der Waals surface area contributed by atoms with Crippen molar-refractivity contribution in [1.82, 2.24) is 0 Å². The Hall–Kier alpha value is -2.68. The molecule has 0 aliphatic heterocycles. The number of aromatic amines is 1. The Bertz CT molecular complexity index is 1270. The van der Waals surface area contributed by atoms with Crippen molar-refractivity contribution in [1.29, 1.82) is 0 Å². The van der Waals surface area contributed by atoms with Crippen LogP contribution < -0.4 is 9.71 Å². The zero-order valence-electron chi connectivity index (χ0n) is 15.0. The number of rotatable bonds is 6. The molecule has 0 fully saturated rings. The number of aromatic nitrogens is 1. The third kappa shape index (κ3) is 4.34. The normalized spacial score (nSPS) is 12.7. The summed E-state index contributed by atoms with van der Waals surface area (Å²) in [5.74, 6) is 0.221. The molecule has 0 spiro atoms. The highest BCUT2D eigenvalue weighted by atomic mass is 35.5. The lowest BCUT2D eigenvalue weighted by Gasteiger charge is -2.11. The minimum Gasteiger partial charge on any atom is -0.443 e. The maximum absolute atomic E-state index is 12.9. The molecule has 29 heavy (non-hydrogen) atoms. The summed E-state index contributed by atoms with van der Waals surface area (Å²) < 4.78 is 46.6. The minimum absolute atomic E-state index is 0.149. The first-order chi connectivity index (χ1) is 13.9. The van der Waals surface area contributed by atoms with Crippen molar-refractivity contribution in [3.63, 3.8) is 0 Å². The number of furan rings is 1. The third-order valence-corrected chi connectivity index (χ3v) is 7.06. The molecule has 148 valence electrons. The summed E-state index contributed by atoms with van der Waals surface area (Å²) in [6, 6.07) is 16.6. The number of pyridine rings is 1. The zero-order valence-corrected chi connectivity index (χ0v) is 17.4. The van der Waals surface area contributed by atoms with Crippen LogP contribution in [0, 0.1) is 0 Å². The van der Waals surface area contributed by atoms with Crippen molar-refractivity contribution in [3.05, 3.63) is 83.6 Å². The fourth-order valence-electron chi connectivity index (χ4n) is 2.81. The van der Waals surface area contributed by atoms with Gasteiger partial charge >= 0.3 is 0 Å². The van der Waals surface area contributed by atoms with Gasteiger partial charge in [-0.05, 0) is 30.3 Å². The van der Waals surface area contributed by atoms with Crippen molar-refractivity contribution < 1.29 is 22.0 Å². The number of hydrogen-bond donors (Lipinski definition) is 1. The average Bonchev–Trinajstić information content (AvgIpc) is 3.14. The smallest absolute Gasteiger partial charge is 0.295 e. The Balaban J connectivity index is 1.67. The highest BCUT2D eigenvalue weighted by Gasteiger charge is 2.23. The first-order valence-corrected chi connectivity index (χ1v) is 11.7. The fourth-order valence-corrected chi connectivity index (χ4v) is 5.31. The molecule has 2 heterocycles. The molecule has 6 nitrogen and oxygen atoms in total. The van der Waals surface area contributed by atoms with Crippen LogP contribution in [0.4, 0.5) is 5.69 Å². The van der Waals surface area contributed by atoms with E-state index in [9.17, 15) is 12.6 Å². The number of halogens is 1. The number of para-hydroxylation sites is 1. The van der Waals surface area contributed by atoms with E-state index in [0.717, 1.165) is 5.56 Å². The van der Waals surface area contributed by atoms with E-state index >= 15 is 0 Å². The summed E-state index contributed by atoms with van der Waals surface area (Å²) in [6.45, 7) is 0. The summed E-state index contributed by atoms with van der Waals surface area (Å²) in [6.07, 6.45) is 3.49. The van der Waals surface area contributed by atoms with Crippen LogP contribution in [0.5, 0.6) is 0 Å². The zero-order chi connectivity index (χ0) is 20.4. The lowest BCUT2D eigenvalue weighted by atomic mass is 10.3. The summed E-state index contributed by atoms with van der Waals surface area (Å²) in [4.78, 5) is 3.27. The van der Waals surface area contributed by atoms with Gasteiger partial charge < -0.3 is 4.42 Å². The van der Waals surface area contributed by atoms with Gasteiger partial charge in [0.1, 0.15) is 5.58 Å². The van der Waals surface area contributed by atoms with Gasteiger partial charge in [-0.15, -0.1) is 0 Å². The molecule has 0 amide bonds. The van der Waals surface area contributed by atoms with E-state index in [0.29, 0.717) is 20.9 Å². The molecule has 0 bridgehead atoms. The number of H-pyrrole nitrogens is 1. The van der Waals surface area contributed by atoms with Crippen molar-refractivity contribution in [2.24, 2.45) is 0 Å². The van der Waals surface area contributed by atoms with E-state index in [4.69, 9.17) is 16.0 Å². The van der Waals surface area contributed by atoms with E-state index in [-0.39, 0.29) is 16.5 Å². The van der Waals surface area contributed by atoms with Gasteiger partial charge in [0.25, 0.3) is 10.0 Å². The molecule has 4 rings (SSSR count). The van der Waals surface area contributed by atoms with Crippen molar-refractivity contribution in [2.75, 3.05) is 4.72 Å². The van der Waals surface area contributed by atoms with Gasteiger partial charge in [0.05, 0.1) is 27.1 Å². The second-order valence-corrected chi connectivity index (χ2v) is 9.72. The Labute approximate surface area is 175 Å². The fraction of sp³-hybridized carbons (Fsp3) is 0.0500. The molecule has 1 atom stereocenters. The van der Waals surface area contributed by atoms with E-state index in [1.165, 1.54) is 12.1 Å². The van der Waals surface area contributed by atoms with E-state index < -0.39 is 20.8 Å². The second kappa shape index (κ2) is 7.98. The highest BCUT2D eigenvalue weighted by molar-refractivity contribution is 7.92. The van der Waals surface area contributed by atoms with Gasteiger partial charge in [-0.1, -0.05) is 29.8 Å². The molecular formula is C20H16ClN2O4S2+. The molecule has 2 N–H and O–H groups in total. The van der Waals surface area contributed by atoms with Crippen LogP contribution in [0.15, 0.2) is 87.5 Å². The van der Waals surface area contributed by atoms with Crippen LogP contribution in [0.25, 0.3) is 11.0 Å². The van der Waals surface area contributed by atoms with Gasteiger partial charge in [-0.25, -0.2) is 4.98 Å². The maximum Gasteiger partial charge on any atom is 0.295 e. The first kappa shape index (κ1) is 19.6. The van der Waals surface area contributed by atoms with Gasteiger partial charge in [-0.3, -0.25) is 8.93 Å². The maximum atomic E-state index is 12.9. The summed E-state index contributed by atoms with van der Waals surface area (Å²) in [5, 5.41) is 0.761. The minimum atomic E-state index is -4.04. The quantitative estimate of drug-likeness (QED) is 0.483. The van der Waals surface area contributed by atoms with Crippen molar-refractivity contribution >= 4 is 49.1 Å². The predicted octanol–water partition coefficient (Wildman–Crippen LogP) is 4.01. The van der Waals surface area contributed by atoms with Crippen molar-refractivity contribution in [2.45, 2.75) is 15.7 Å². The topological polar surface area (TPSA) is 90.5 Å².